The monoisotopic (exact) mass is 578 g/mol. The van der Waals surface area contributed by atoms with E-state index in [1.165, 1.54) is 159 Å². The average Bonchev–Trinajstić information content (AvgIpc) is 2.93. The van der Waals surface area contributed by atoms with Crippen LogP contribution in [0.5, 0.6) is 5.75 Å². The Bertz CT molecular complexity index is 861. The normalized spacial score (nSPS) is 11.8. The zero-order valence-corrected chi connectivity index (χ0v) is 26.2. The highest BCUT2D eigenvalue weighted by Gasteiger charge is 2.10. The third-order valence-electron chi connectivity index (χ3n) is 7.53. The topological polar surface area (TPSA) is 80.7 Å². The van der Waals surface area contributed by atoms with Crippen molar-refractivity contribution >= 4 is 16.1 Å². The van der Waals surface area contributed by atoms with Crippen LogP contribution in [0.3, 0.4) is 0 Å². The van der Waals surface area contributed by atoms with Gasteiger partial charge in [0.2, 0.25) is 0 Å². The van der Waals surface area contributed by atoms with Gasteiger partial charge in [0.25, 0.3) is 10.1 Å². The molecule has 0 atom stereocenters. The fraction of sp³-hybridized carbons (Fsp3) is 0.735. The van der Waals surface area contributed by atoms with Gasteiger partial charge in [-0.2, -0.15) is 8.42 Å². The Morgan fingerprint density at radius 1 is 0.625 bits per heavy atom. The maximum Gasteiger partial charge on any atom is 0.315 e. The molecule has 0 spiro atoms. The van der Waals surface area contributed by atoms with E-state index < -0.39 is 16.1 Å². The minimum Gasteiger partial charge on any atom is -0.426 e. The van der Waals surface area contributed by atoms with Gasteiger partial charge < -0.3 is 4.74 Å². The Morgan fingerprint density at radius 3 is 1.38 bits per heavy atom. The first kappa shape index (κ1) is 36.4. The number of carbonyl (C=O) groups is 1. The maximum absolute atomic E-state index is 11.9. The van der Waals surface area contributed by atoms with E-state index in [0.29, 0.717) is 0 Å². The van der Waals surface area contributed by atoms with E-state index in [9.17, 15) is 13.2 Å². The van der Waals surface area contributed by atoms with Crippen molar-refractivity contribution in [1.82, 2.24) is 0 Å². The second kappa shape index (κ2) is 25.1. The lowest BCUT2D eigenvalue weighted by molar-refractivity contribution is -0.133. The van der Waals surface area contributed by atoms with Gasteiger partial charge in [-0.15, -0.1) is 0 Å². The Hall–Kier alpha value is -1.66. The molecule has 0 amide bonds. The molecular weight excluding hydrogens is 520 g/mol. The van der Waals surface area contributed by atoms with Crippen LogP contribution < -0.4 is 4.74 Å². The smallest absolute Gasteiger partial charge is 0.315 e. The van der Waals surface area contributed by atoms with Crippen LogP contribution in [0, 0.1) is 0 Å². The van der Waals surface area contributed by atoms with Gasteiger partial charge in [0.15, 0.2) is 0 Å². The summed E-state index contributed by atoms with van der Waals surface area (Å²) in [5.41, 5.74) is 0. The highest BCUT2D eigenvalue weighted by molar-refractivity contribution is 7.85. The highest BCUT2D eigenvalue weighted by Crippen LogP contribution is 2.17. The van der Waals surface area contributed by atoms with E-state index in [2.05, 4.69) is 6.92 Å². The number of rotatable bonds is 27. The Kier molecular flexibility index (Phi) is 22.8. The van der Waals surface area contributed by atoms with Gasteiger partial charge in [0.1, 0.15) is 5.75 Å². The minimum absolute atomic E-state index is 0.180. The van der Waals surface area contributed by atoms with E-state index in [0.717, 1.165) is 12.8 Å². The third-order valence-corrected chi connectivity index (χ3v) is 8.40. The van der Waals surface area contributed by atoms with Gasteiger partial charge in [0.05, 0.1) is 11.3 Å². The van der Waals surface area contributed by atoms with Crippen LogP contribution in [-0.2, 0) is 14.9 Å². The molecule has 5 nitrogen and oxygen atoms in total. The SMILES string of the molecule is CCCCCCCCCCCCCCCCCCCCCCCCC=CCC(=O)Oc1ccc(S(=O)(=O)O)cc1. The lowest BCUT2D eigenvalue weighted by Crippen LogP contribution is -2.06. The van der Waals surface area contributed by atoms with Crippen LogP contribution in [-0.4, -0.2) is 18.9 Å². The molecule has 6 heteroatoms. The molecule has 0 aliphatic carbocycles. The fourth-order valence-electron chi connectivity index (χ4n) is 5.02. The molecule has 0 aliphatic heterocycles. The second-order valence-electron chi connectivity index (χ2n) is 11.3. The summed E-state index contributed by atoms with van der Waals surface area (Å²) in [4.78, 5) is 11.7. The molecule has 0 heterocycles. The van der Waals surface area contributed by atoms with E-state index in [4.69, 9.17) is 9.29 Å². The lowest BCUT2D eigenvalue weighted by Gasteiger charge is -2.04. The predicted molar refractivity (Wildman–Crippen MR) is 168 cm³/mol. The second-order valence-corrected chi connectivity index (χ2v) is 12.7. The van der Waals surface area contributed by atoms with Gasteiger partial charge in [-0.1, -0.05) is 154 Å². The summed E-state index contributed by atoms with van der Waals surface area (Å²) in [6.07, 6.45) is 35.5. The van der Waals surface area contributed by atoms with E-state index in [-0.39, 0.29) is 17.1 Å². The largest absolute Gasteiger partial charge is 0.426 e. The van der Waals surface area contributed by atoms with Crippen molar-refractivity contribution in [2.24, 2.45) is 0 Å². The van der Waals surface area contributed by atoms with E-state index >= 15 is 0 Å². The lowest BCUT2D eigenvalue weighted by atomic mass is 10.0. The molecule has 0 bridgehead atoms. The number of ether oxygens (including phenoxy) is 1. The fourth-order valence-corrected chi connectivity index (χ4v) is 5.50. The Morgan fingerprint density at radius 2 is 1.00 bits per heavy atom. The number of esters is 1. The van der Waals surface area contributed by atoms with Crippen molar-refractivity contribution in [3.05, 3.63) is 36.4 Å². The molecule has 0 fully saturated rings. The minimum atomic E-state index is -4.24. The van der Waals surface area contributed by atoms with Crippen LogP contribution in [0.4, 0.5) is 0 Å². The molecule has 0 saturated carbocycles. The van der Waals surface area contributed by atoms with Gasteiger partial charge in [-0.3, -0.25) is 9.35 Å². The molecule has 40 heavy (non-hydrogen) atoms. The van der Waals surface area contributed by atoms with Gasteiger partial charge >= 0.3 is 5.97 Å². The average molecular weight is 579 g/mol. The molecule has 0 aromatic heterocycles. The number of allylic oxidation sites excluding steroid dienone is 1. The van der Waals surface area contributed by atoms with Crippen molar-refractivity contribution in [2.75, 3.05) is 0 Å². The van der Waals surface area contributed by atoms with Crippen LogP contribution in [0.25, 0.3) is 0 Å². The van der Waals surface area contributed by atoms with Crippen LogP contribution in [0.15, 0.2) is 41.3 Å². The molecule has 0 aliphatic rings. The number of unbranched alkanes of at least 4 members (excludes halogenated alkanes) is 22. The zero-order chi connectivity index (χ0) is 29.2. The molecule has 0 radical (unpaired) electrons. The van der Waals surface area contributed by atoms with Gasteiger partial charge in [-0.25, -0.2) is 0 Å². The van der Waals surface area contributed by atoms with Crippen LogP contribution >= 0.6 is 0 Å². The van der Waals surface area contributed by atoms with Crippen molar-refractivity contribution in [3.8, 4) is 5.75 Å². The Labute approximate surface area is 246 Å². The summed E-state index contributed by atoms with van der Waals surface area (Å²) < 4.78 is 36.2. The molecule has 0 unspecified atom stereocenters. The van der Waals surface area contributed by atoms with Gasteiger partial charge in [-0.05, 0) is 37.1 Å². The van der Waals surface area contributed by atoms with Crippen molar-refractivity contribution in [3.63, 3.8) is 0 Å². The third kappa shape index (κ3) is 22.1. The number of hydrogen-bond donors (Lipinski definition) is 1. The first-order valence-electron chi connectivity index (χ1n) is 16.4. The van der Waals surface area contributed by atoms with Gasteiger partial charge in [0, 0.05) is 0 Å². The molecule has 1 aromatic rings. The van der Waals surface area contributed by atoms with Crippen molar-refractivity contribution < 1.29 is 22.5 Å². The summed E-state index contributed by atoms with van der Waals surface area (Å²) in [5, 5.41) is 0. The molecule has 1 aromatic carbocycles. The quantitative estimate of drug-likeness (QED) is 0.0369. The van der Waals surface area contributed by atoms with Crippen LogP contribution in [0.1, 0.15) is 161 Å². The number of benzene rings is 1. The Balaban J connectivity index is 1.80. The number of carbonyl (C=O) groups excluding carboxylic acids is 1. The number of hydrogen-bond acceptors (Lipinski definition) is 4. The summed E-state index contributed by atoms with van der Waals surface area (Å²) >= 11 is 0. The van der Waals surface area contributed by atoms with Crippen LogP contribution in [0.2, 0.25) is 0 Å². The standard InChI is InChI=1S/C34H58O5S/c1-2-3-4-5-6-7-8-9-10-11-12-13-14-15-16-17-18-19-20-21-22-23-24-25-26-27-34(35)39-32-28-30-33(31-29-32)40(36,37)38/h25-26,28-31H,2-24,27H2,1H3,(H,36,37,38). The molecule has 1 N–H and O–H groups in total. The summed E-state index contributed by atoms with van der Waals surface area (Å²) in [7, 11) is -4.24. The molecular formula is C34H58O5S. The molecule has 1 rings (SSSR count). The predicted octanol–water partition coefficient (Wildman–Crippen LogP) is 10.8. The summed E-state index contributed by atoms with van der Waals surface area (Å²) in [6, 6.07) is 5.11. The molecule has 0 saturated heterocycles. The molecule has 230 valence electrons. The van der Waals surface area contributed by atoms with E-state index in [1.807, 2.05) is 12.2 Å². The summed E-state index contributed by atoms with van der Waals surface area (Å²) in [5.74, 6) is -0.143. The highest BCUT2D eigenvalue weighted by atomic mass is 32.2. The zero-order valence-electron chi connectivity index (χ0n) is 25.4. The first-order chi connectivity index (χ1) is 19.4. The maximum atomic E-state index is 11.9. The van der Waals surface area contributed by atoms with E-state index in [1.54, 1.807) is 0 Å². The first-order valence-corrected chi connectivity index (χ1v) is 17.8. The van der Waals surface area contributed by atoms with Crippen molar-refractivity contribution in [1.29, 1.82) is 0 Å². The summed E-state index contributed by atoms with van der Waals surface area (Å²) in [6.45, 7) is 2.29. The van der Waals surface area contributed by atoms with Crippen molar-refractivity contribution in [2.45, 2.75) is 166 Å².